The van der Waals surface area contributed by atoms with E-state index in [0.29, 0.717) is 47.3 Å². The fourth-order valence-corrected chi connectivity index (χ4v) is 4.41. The SMILES string of the molecule is CC[C@H]1COC(=O)N1c1nc(C)nc(N[C@@H](C)c2cc3cc(Cl)c(OCC4(C)CC4)cc3[nH]c2=O)n1. The number of cyclic esters (lactones) is 1. The van der Waals surface area contributed by atoms with Gasteiger partial charge in [-0.2, -0.15) is 15.0 Å². The number of pyridine rings is 1. The lowest BCUT2D eigenvalue weighted by Crippen LogP contribution is -2.35. The van der Waals surface area contributed by atoms with Gasteiger partial charge in [-0.25, -0.2) is 9.69 Å². The molecule has 3 aromatic rings. The fraction of sp³-hybridized carbons (Fsp3) is 0.480. The second kappa shape index (κ2) is 9.24. The molecular weight excluding hydrogens is 484 g/mol. The normalized spacial score (nSPS) is 19.3. The Hall–Kier alpha value is -3.40. The molecule has 1 saturated carbocycles. The highest BCUT2D eigenvalue weighted by Gasteiger charge is 2.38. The highest BCUT2D eigenvalue weighted by Crippen LogP contribution is 2.45. The summed E-state index contributed by atoms with van der Waals surface area (Å²) in [6.07, 6.45) is 2.51. The average molecular weight is 513 g/mol. The van der Waals surface area contributed by atoms with Crippen LogP contribution in [0.2, 0.25) is 5.02 Å². The molecule has 1 aromatic carbocycles. The lowest BCUT2D eigenvalue weighted by molar-refractivity contribution is 0.178. The number of halogens is 1. The van der Waals surface area contributed by atoms with Crippen LogP contribution in [0.3, 0.4) is 0 Å². The predicted molar refractivity (Wildman–Crippen MR) is 137 cm³/mol. The van der Waals surface area contributed by atoms with Crippen molar-refractivity contribution in [2.75, 3.05) is 23.4 Å². The van der Waals surface area contributed by atoms with E-state index in [-0.39, 0.29) is 28.9 Å². The third kappa shape index (κ3) is 4.82. The van der Waals surface area contributed by atoms with E-state index < -0.39 is 12.1 Å². The zero-order chi connectivity index (χ0) is 25.6. The van der Waals surface area contributed by atoms with Gasteiger partial charge >= 0.3 is 6.09 Å². The van der Waals surface area contributed by atoms with Gasteiger partial charge in [-0.1, -0.05) is 25.4 Å². The van der Waals surface area contributed by atoms with Gasteiger partial charge in [0.2, 0.25) is 11.9 Å². The second-order valence-electron chi connectivity index (χ2n) is 9.90. The van der Waals surface area contributed by atoms with E-state index in [1.165, 1.54) is 4.90 Å². The number of hydrogen-bond donors (Lipinski definition) is 2. The van der Waals surface area contributed by atoms with Crippen LogP contribution in [0.4, 0.5) is 16.7 Å². The van der Waals surface area contributed by atoms with Gasteiger partial charge in [-0.15, -0.1) is 0 Å². The van der Waals surface area contributed by atoms with Crippen molar-refractivity contribution >= 4 is 40.5 Å². The Labute approximate surface area is 213 Å². The van der Waals surface area contributed by atoms with Gasteiger partial charge in [0.05, 0.1) is 29.2 Å². The van der Waals surface area contributed by atoms with Gasteiger partial charge in [0.15, 0.2) is 0 Å². The van der Waals surface area contributed by atoms with Crippen LogP contribution >= 0.6 is 11.6 Å². The van der Waals surface area contributed by atoms with Crippen LogP contribution < -0.4 is 20.5 Å². The van der Waals surface area contributed by atoms with Gasteiger partial charge in [0.1, 0.15) is 18.2 Å². The summed E-state index contributed by atoms with van der Waals surface area (Å²) in [7, 11) is 0. The first-order chi connectivity index (χ1) is 17.2. The molecule has 1 aliphatic carbocycles. The van der Waals surface area contributed by atoms with Crippen LogP contribution in [0.5, 0.6) is 5.75 Å². The summed E-state index contributed by atoms with van der Waals surface area (Å²) in [4.78, 5) is 42.7. The Bertz CT molecular complexity index is 1390. The maximum Gasteiger partial charge on any atom is 0.417 e. The van der Waals surface area contributed by atoms with Gasteiger partial charge in [-0.05, 0) is 45.2 Å². The smallest absolute Gasteiger partial charge is 0.417 e. The highest BCUT2D eigenvalue weighted by atomic mass is 35.5. The number of aryl methyl sites for hydroxylation is 1. The second-order valence-corrected chi connectivity index (χ2v) is 10.3. The number of nitrogens with zero attached hydrogens (tertiary/aromatic N) is 4. The molecule has 190 valence electrons. The number of aromatic nitrogens is 4. The number of anilines is 2. The Balaban J connectivity index is 1.39. The number of hydrogen-bond acceptors (Lipinski definition) is 8. The largest absolute Gasteiger partial charge is 0.491 e. The summed E-state index contributed by atoms with van der Waals surface area (Å²) in [5.41, 5.74) is 1.11. The Kier molecular flexibility index (Phi) is 6.23. The Morgan fingerprint density at radius 1 is 1.28 bits per heavy atom. The molecule has 10 nitrogen and oxygen atoms in total. The van der Waals surface area contributed by atoms with E-state index >= 15 is 0 Å². The number of amides is 1. The van der Waals surface area contributed by atoms with Crippen LogP contribution in [0.15, 0.2) is 23.0 Å². The van der Waals surface area contributed by atoms with Crippen molar-refractivity contribution in [3.05, 3.63) is 45.0 Å². The third-order valence-corrected chi connectivity index (χ3v) is 7.10. The molecule has 5 rings (SSSR count). The lowest BCUT2D eigenvalue weighted by atomic mass is 10.1. The number of H-pyrrole nitrogens is 1. The van der Waals surface area contributed by atoms with Gasteiger partial charge in [0.25, 0.3) is 5.56 Å². The number of aromatic amines is 1. The maximum absolute atomic E-state index is 13.0. The zero-order valence-electron chi connectivity index (χ0n) is 20.7. The Morgan fingerprint density at radius 3 is 2.78 bits per heavy atom. The maximum atomic E-state index is 13.0. The van der Waals surface area contributed by atoms with Crippen molar-refractivity contribution in [2.45, 2.75) is 59.0 Å². The minimum absolute atomic E-state index is 0.140. The molecular formula is C25H29ClN6O4. The summed E-state index contributed by atoms with van der Waals surface area (Å²) < 4.78 is 11.1. The van der Waals surface area contributed by atoms with E-state index in [1.54, 1.807) is 25.1 Å². The molecule has 2 aliphatic rings. The first kappa shape index (κ1) is 24.3. The van der Waals surface area contributed by atoms with Crippen LogP contribution in [-0.4, -0.2) is 45.3 Å². The van der Waals surface area contributed by atoms with Crippen molar-refractivity contribution < 1.29 is 14.3 Å². The number of ether oxygens (including phenoxy) is 2. The average Bonchev–Trinajstić information content (AvgIpc) is 3.44. The molecule has 2 fully saturated rings. The Morgan fingerprint density at radius 2 is 2.06 bits per heavy atom. The number of benzene rings is 1. The number of fused-ring (bicyclic) bond motifs is 1. The molecule has 0 radical (unpaired) electrons. The molecule has 0 unspecified atom stereocenters. The van der Waals surface area contributed by atoms with E-state index in [2.05, 4.69) is 32.2 Å². The van der Waals surface area contributed by atoms with Crippen LogP contribution in [-0.2, 0) is 4.74 Å². The predicted octanol–water partition coefficient (Wildman–Crippen LogP) is 4.76. The molecule has 11 heteroatoms. The number of rotatable bonds is 8. The minimum atomic E-state index is -0.483. The number of carbonyl (C=O) groups is 1. The molecule has 2 aromatic heterocycles. The van der Waals surface area contributed by atoms with Crippen molar-refractivity contribution in [3.8, 4) is 5.75 Å². The molecule has 0 bridgehead atoms. The first-order valence-electron chi connectivity index (χ1n) is 12.1. The highest BCUT2D eigenvalue weighted by molar-refractivity contribution is 6.32. The van der Waals surface area contributed by atoms with Crippen LogP contribution in [0.1, 0.15) is 57.5 Å². The van der Waals surface area contributed by atoms with Crippen molar-refractivity contribution in [1.82, 2.24) is 19.9 Å². The quantitative estimate of drug-likeness (QED) is 0.443. The van der Waals surface area contributed by atoms with Crippen molar-refractivity contribution in [2.24, 2.45) is 5.41 Å². The summed E-state index contributed by atoms with van der Waals surface area (Å²) in [5, 5.41) is 4.44. The van der Waals surface area contributed by atoms with Crippen molar-refractivity contribution in [1.29, 1.82) is 0 Å². The molecule has 3 heterocycles. The topological polar surface area (TPSA) is 122 Å². The minimum Gasteiger partial charge on any atom is -0.491 e. The van der Waals surface area contributed by atoms with E-state index in [9.17, 15) is 9.59 Å². The molecule has 0 spiro atoms. The van der Waals surface area contributed by atoms with E-state index in [1.807, 2.05) is 13.8 Å². The van der Waals surface area contributed by atoms with Crippen molar-refractivity contribution in [3.63, 3.8) is 0 Å². The summed E-state index contributed by atoms with van der Waals surface area (Å²) >= 11 is 6.48. The molecule has 1 aliphatic heterocycles. The standard InChI is InChI=1S/C25H29ClN6O4/c1-5-16-11-35-24(34)32(16)23-29-14(3)28-22(31-23)27-13(2)17-8-15-9-18(26)20(10-19(15)30-21(17)33)36-12-25(4)6-7-25/h8-10,13,16H,5-7,11-12H2,1-4H3,(H,30,33)(H,27,28,29,31)/t13-,16-/m0/s1. The molecule has 2 atom stereocenters. The lowest BCUT2D eigenvalue weighted by Gasteiger charge is -2.20. The molecule has 2 N–H and O–H groups in total. The summed E-state index contributed by atoms with van der Waals surface area (Å²) in [6.45, 7) is 8.60. The summed E-state index contributed by atoms with van der Waals surface area (Å²) in [6, 6.07) is 4.78. The van der Waals surface area contributed by atoms with Gasteiger partial charge in [0, 0.05) is 22.4 Å². The monoisotopic (exact) mass is 512 g/mol. The molecule has 1 amide bonds. The number of nitrogens with one attached hydrogen (secondary N) is 2. The summed E-state index contributed by atoms with van der Waals surface area (Å²) in [5.74, 6) is 1.48. The van der Waals surface area contributed by atoms with Crippen LogP contribution in [0.25, 0.3) is 10.9 Å². The third-order valence-electron chi connectivity index (χ3n) is 6.80. The van der Waals surface area contributed by atoms with E-state index in [0.717, 1.165) is 18.2 Å². The molecule has 36 heavy (non-hydrogen) atoms. The number of carbonyl (C=O) groups excluding carboxylic acids is 1. The zero-order valence-corrected chi connectivity index (χ0v) is 21.5. The van der Waals surface area contributed by atoms with Gasteiger partial charge in [-0.3, -0.25) is 4.79 Å². The van der Waals surface area contributed by atoms with Gasteiger partial charge < -0.3 is 19.8 Å². The first-order valence-corrected chi connectivity index (χ1v) is 12.5. The fourth-order valence-electron chi connectivity index (χ4n) is 4.18. The molecule has 1 saturated heterocycles. The van der Waals surface area contributed by atoms with Crippen LogP contribution in [0, 0.1) is 12.3 Å². The van der Waals surface area contributed by atoms with E-state index in [4.69, 9.17) is 21.1 Å².